The molecule has 2 N–H and O–H groups in total. The molecule has 0 amide bonds. The average Bonchev–Trinajstić information content (AvgIpc) is 2.89. The summed E-state index contributed by atoms with van der Waals surface area (Å²) >= 11 is 11.3. The normalized spacial score (nSPS) is 16.6. The molecule has 2 aromatic rings. The Morgan fingerprint density at radius 1 is 1.35 bits per heavy atom. The predicted molar refractivity (Wildman–Crippen MR) is 88.5 cm³/mol. The van der Waals surface area contributed by atoms with Gasteiger partial charge in [-0.3, -0.25) is 0 Å². The van der Waals surface area contributed by atoms with Crippen molar-refractivity contribution >= 4 is 39.8 Å². The van der Waals surface area contributed by atoms with Crippen LogP contribution in [0.3, 0.4) is 0 Å². The van der Waals surface area contributed by atoms with Gasteiger partial charge in [0.1, 0.15) is 0 Å². The predicted octanol–water partition coefficient (Wildman–Crippen LogP) is 3.51. The molecule has 1 aromatic carbocycles. The molecule has 1 fully saturated rings. The van der Waals surface area contributed by atoms with Crippen LogP contribution in [0.1, 0.15) is 24.5 Å². The topological polar surface area (TPSA) is 31.1 Å². The molecule has 3 nitrogen and oxygen atoms in total. The summed E-state index contributed by atoms with van der Waals surface area (Å²) in [7, 11) is 1.88. The molecule has 0 unspecified atom stereocenters. The number of halogens is 1. The van der Waals surface area contributed by atoms with Gasteiger partial charge >= 0.3 is 0 Å². The van der Waals surface area contributed by atoms with Gasteiger partial charge in [0.05, 0.1) is 0 Å². The number of thiocarbonyl (C=S) groups is 1. The van der Waals surface area contributed by atoms with Crippen molar-refractivity contribution in [1.29, 1.82) is 0 Å². The third-order valence-corrected chi connectivity index (χ3v) is 4.74. The van der Waals surface area contributed by atoms with Gasteiger partial charge in [-0.05, 0) is 49.3 Å². The van der Waals surface area contributed by atoms with Crippen molar-refractivity contribution in [2.75, 3.05) is 20.1 Å². The van der Waals surface area contributed by atoms with Crippen LogP contribution in [-0.4, -0.2) is 35.1 Å². The Morgan fingerprint density at radius 2 is 2.10 bits per heavy atom. The fourth-order valence-electron chi connectivity index (χ4n) is 2.90. The number of benzene rings is 1. The van der Waals surface area contributed by atoms with Crippen molar-refractivity contribution < 1.29 is 0 Å². The van der Waals surface area contributed by atoms with E-state index in [0.717, 1.165) is 41.6 Å². The van der Waals surface area contributed by atoms with Crippen molar-refractivity contribution in [2.24, 2.45) is 0 Å². The third-order valence-electron chi connectivity index (χ3n) is 4.04. The molecule has 0 bridgehead atoms. The summed E-state index contributed by atoms with van der Waals surface area (Å²) in [6, 6.07) is 8.23. The molecular formula is C15H18ClN3S. The first-order chi connectivity index (χ1) is 9.67. The Bertz CT molecular complexity index is 629. The van der Waals surface area contributed by atoms with E-state index in [1.54, 1.807) is 0 Å². The van der Waals surface area contributed by atoms with Gasteiger partial charge in [0.25, 0.3) is 0 Å². The second-order valence-corrected chi connectivity index (χ2v) is 6.10. The maximum Gasteiger partial charge on any atom is 0.168 e. The van der Waals surface area contributed by atoms with Crippen molar-refractivity contribution in [3.63, 3.8) is 0 Å². The van der Waals surface area contributed by atoms with Gasteiger partial charge < -0.3 is 15.2 Å². The van der Waals surface area contributed by atoms with E-state index in [4.69, 9.17) is 23.8 Å². The molecule has 0 saturated carbocycles. The first-order valence-electron chi connectivity index (χ1n) is 6.92. The summed E-state index contributed by atoms with van der Waals surface area (Å²) in [5, 5.41) is 5.89. The van der Waals surface area contributed by atoms with Crippen LogP contribution in [0.15, 0.2) is 24.3 Å². The van der Waals surface area contributed by atoms with E-state index in [1.807, 2.05) is 25.2 Å². The molecule has 2 heterocycles. The molecular weight excluding hydrogens is 290 g/mol. The van der Waals surface area contributed by atoms with E-state index in [-0.39, 0.29) is 0 Å². The summed E-state index contributed by atoms with van der Waals surface area (Å²) in [5.41, 5.74) is 2.48. The van der Waals surface area contributed by atoms with E-state index >= 15 is 0 Å². The number of hydrogen-bond acceptors (Lipinski definition) is 1. The highest BCUT2D eigenvalue weighted by Gasteiger charge is 2.22. The Morgan fingerprint density at radius 3 is 2.80 bits per heavy atom. The number of aromatic amines is 1. The number of H-pyrrole nitrogens is 1. The van der Waals surface area contributed by atoms with Gasteiger partial charge in [-0.1, -0.05) is 11.6 Å². The van der Waals surface area contributed by atoms with Crippen molar-refractivity contribution in [3.8, 4) is 0 Å². The minimum absolute atomic E-state index is 0.581. The van der Waals surface area contributed by atoms with Crippen LogP contribution in [0.25, 0.3) is 10.9 Å². The monoisotopic (exact) mass is 307 g/mol. The Hall–Kier alpha value is -1.26. The Labute approximate surface area is 129 Å². The number of piperidine rings is 1. The van der Waals surface area contributed by atoms with Crippen molar-refractivity contribution in [3.05, 3.63) is 35.0 Å². The first-order valence-corrected chi connectivity index (χ1v) is 7.71. The molecule has 1 aromatic heterocycles. The molecule has 1 saturated heterocycles. The minimum Gasteiger partial charge on any atom is -0.366 e. The summed E-state index contributed by atoms with van der Waals surface area (Å²) in [5.74, 6) is 0.581. The zero-order chi connectivity index (χ0) is 14.1. The van der Waals surface area contributed by atoms with Crippen LogP contribution < -0.4 is 5.32 Å². The molecule has 0 spiro atoms. The lowest BCUT2D eigenvalue weighted by molar-refractivity contribution is 0.309. The highest BCUT2D eigenvalue weighted by Crippen LogP contribution is 2.30. The largest absolute Gasteiger partial charge is 0.366 e. The Kier molecular flexibility index (Phi) is 3.85. The summed E-state index contributed by atoms with van der Waals surface area (Å²) in [6.07, 6.45) is 2.25. The van der Waals surface area contributed by atoms with Gasteiger partial charge in [0.15, 0.2) is 5.11 Å². The number of nitrogens with one attached hydrogen (secondary N) is 2. The van der Waals surface area contributed by atoms with Gasteiger partial charge in [-0.15, -0.1) is 0 Å². The average molecular weight is 308 g/mol. The van der Waals surface area contributed by atoms with Gasteiger partial charge in [-0.2, -0.15) is 0 Å². The lowest BCUT2D eigenvalue weighted by atomic mass is 9.94. The molecule has 1 aliphatic rings. The molecule has 3 rings (SSSR count). The van der Waals surface area contributed by atoms with Crippen LogP contribution in [0.2, 0.25) is 5.02 Å². The highest BCUT2D eigenvalue weighted by molar-refractivity contribution is 7.80. The summed E-state index contributed by atoms with van der Waals surface area (Å²) in [6.45, 7) is 2.03. The number of rotatable bonds is 1. The number of likely N-dealkylation sites (tertiary alicyclic amines) is 1. The zero-order valence-electron chi connectivity index (χ0n) is 11.4. The smallest absolute Gasteiger partial charge is 0.168 e. The fourth-order valence-corrected chi connectivity index (χ4v) is 3.26. The molecule has 5 heteroatoms. The molecule has 20 heavy (non-hydrogen) atoms. The molecule has 0 radical (unpaired) electrons. The van der Waals surface area contributed by atoms with Crippen molar-refractivity contribution in [1.82, 2.24) is 15.2 Å². The quantitative estimate of drug-likeness (QED) is 0.791. The SMILES string of the molecule is CNC(=S)N1CCC(c2cc3cc(Cl)ccc3[nH]2)CC1. The summed E-state index contributed by atoms with van der Waals surface area (Å²) < 4.78 is 0. The summed E-state index contributed by atoms with van der Waals surface area (Å²) in [4.78, 5) is 5.77. The van der Waals surface area contributed by atoms with E-state index in [9.17, 15) is 0 Å². The number of nitrogens with zero attached hydrogens (tertiary/aromatic N) is 1. The first kappa shape index (κ1) is 13.7. The maximum atomic E-state index is 6.04. The zero-order valence-corrected chi connectivity index (χ0v) is 13.0. The molecule has 106 valence electrons. The van der Waals surface area contributed by atoms with Crippen molar-refractivity contribution in [2.45, 2.75) is 18.8 Å². The van der Waals surface area contributed by atoms with Crippen LogP contribution >= 0.6 is 23.8 Å². The lowest BCUT2D eigenvalue weighted by Crippen LogP contribution is -2.42. The van der Waals surface area contributed by atoms with Gasteiger partial charge in [0, 0.05) is 47.7 Å². The second kappa shape index (κ2) is 5.62. The van der Waals surface area contributed by atoms with E-state index in [2.05, 4.69) is 21.3 Å². The van der Waals surface area contributed by atoms with E-state index in [1.165, 1.54) is 11.1 Å². The highest BCUT2D eigenvalue weighted by atomic mass is 35.5. The molecule has 1 aliphatic heterocycles. The minimum atomic E-state index is 0.581. The third kappa shape index (κ3) is 2.63. The van der Waals surface area contributed by atoms with Gasteiger partial charge in [0.2, 0.25) is 0 Å². The van der Waals surface area contributed by atoms with Crippen LogP contribution in [0, 0.1) is 0 Å². The second-order valence-electron chi connectivity index (χ2n) is 5.27. The molecule has 0 atom stereocenters. The van der Waals surface area contributed by atoms with E-state index in [0.29, 0.717) is 5.92 Å². The number of hydrogen-bond donors (Lipinski definition) is 2. The number of aromatic nitrogens is 1. The van der Waals surface area contributed by atoms with Crippen LogP contribution in [-0.2, 0) is 0 Å². The molecule has 0 aliphatic carbocycles. The Balaban J connectivity index is 1.75. The van der Waals surface area contributed by atoms with Crippen LogP contribution in [0.4, 0.5) is 0 Å². The lowest BCUT2D eigenvalue weighted by Gasteiger charge is -2.33. The van der Waals surface area contributed by atoms with Gasteiger partial charge in [-0.25, -0.2) is 0 Å². The maximum absolute atomic E-state index is 6.04. The van der Waals surface area contributed by atoms with Crippen LogP contribution in [0.5, 0.6) is 0 Å². The fraction of sp³-hybridized carbons (Fsp3) is 0.400. The van der Waals surface area contributed by atoms with E-state index < -0.39 is 0 Å². The number of fused-ring (bicyclic) bond motifs is 1. The standard InChI is InChI=1S/C15H18ClN3S/c1-17-15(20)19-6-4-10(5-7-19)14-9-11-8-12(16)2-3-13(11)18-14/h2-3,8-10,18H,4-7H2,1H3,(H,17,20).